The van der Waals surface area contributed by atoms with Crippen molar-refractivity contribution < 1.29 is 9.84 Å². The summed E-state index contributed by atoms with van der Waals surface area (Å²) in [6.07, 6.45) is 1.94. The molecule has 0 aliphatic heterocycles. The van der Waals surface area contributed by atoms with E-state index in [1.807, 2.05) is 45.0 Å². The van der Waals surface area contributed by atoms with E-state index in [9.17, 15) is 4.79 Å². The number of benzene rings is 1. The molecule has 1 N–H and O–H groups in total. The van der Waals surface area contributed by atoms with Crippen LogP contribution in [-0.2, 0) is 12.1 Å². The van der Waals surface area contributed by atoms with Gasteiger partial charge in [-0.1, -0.05) is 35.6 Å². The number of rotatable bonds is 4. The van der Waals surface area contributed by atoms with Gasteiger partial charge in [0, 0.05) is 12.0 Å². The summed E-state index contributed by atoms with van der Waals surface area (Å²) in [6.45, 7) is 5.95. The van der Waals surface area contributed by atoms with Crippen molar-refractivity contribution >= 4 is 11.6 Å². The van der Waals surface area contributed by atoms with Gasteiger partial charge in [-0.15, -0.1) is 0 Å². The molecule has 0 amide bonds. The maximum Gasteiger partial charge on any atom is 0.289 e. The Labute approximate surface area is 152 Å². The van der Waals surface area contributed by atoms with Crippen molar-refractivity contribution in [2.24, 2.45) is 0 Å². The van der Waals surface area contributed by atoms with Crippen molar-refractivity contribution in [3.8, 4) is 17.6 Å². The van der Waals surface area contributed by atoms with Crippen molar-refractivity contribution in [2.75, 3.05) is 6.61 Å². The molecule has 0 spiro atoms. The van der Waals surface area contributed by atoms with Gasteiger partial charge in [0.2, 0.25) is 0 Å². The van der Waals surface area contributed by atoms with E-state index in [1.165, 1.54) is 10.9 Å². The molecular weight excluding hydrogens is 340 g/mol. The third-order valence-electron chi connectivity index (χ3n) is 3.38. The number of ether oxygens (including phenoxy) is 1. The van der Waals surface area contributed by atoms with Crippen molar-refractivity contribution in [2.45, 2.75) is 39.3 Å². The van der Waals surface area contributed by atoms with E-state index >= 15 is 0 Å². The van der Waals surface area contributed by atoms with Gasteiger partial charge in [-0.05, 0) is 38.5 Å². The fourth-order valence-corrected chi connectivity index (χ4v) is 2.25. The lowest BCUT2D eigenvalue weighted by molar-refractivity contribution is 0.282. The fraction of sp³-hybridized carbons (Fsp3) is 0.368. The molecule has 2 rings (SSSR count). The SMILES string of the molecule is CC(C)(C)n1ncc(OCCC#Cc2ccc(CO)cc2)c(Cl)c1=O. The number of aromatic nitrogens is 2. The van der Waals surface area contributed by atoms with Crippen LogP contribution in [0, 0.1) is 11.8 Å². The van der Waals surface area contributed by atoms with Crippen molar-refractivity contribution in [1.29, 1.82) is 0 Å². The number of hydrogen-bond acceptors (Lipinski definition) is 4. The molecule has 0 aliphatic carbocycles. The minimum Gasteiger partial charge on any atom is -0.489 e. The molecule has 0 unspecified atom stereocenters. The predicted octanol–water partition coefficient (Wildman–Crippen LogP) is 2.96. The molecule has 2 aromatic rings. The molecule has 132 valence electrons. The van der Waals surface area contributed by atoms with Crippen molar-refractivity contribution in [3.05, 3.63) is 57.0 Å². The zero-order chi connectivity index (χ0) is 18.4. The maximum absolute atomic E-state index is 12.2. The zero-order valence-electron chi connectivity index (χ0n) is 14.5. The van der Waals surface area contributed by atoms with Gasteiger partial charge >= 0.3 is 0 Å². The highest BCUT2D eigenvalue weighted by Crippen LogP contribution is 2.20. The third-order valence-corrected chi connectivity index (χ3v) is 3.72. The van der Waals surface area contributed by atoms with E-state index in [-0.39, 0.29) is 22.9 Å². The Balaban J connectivity index is 1.95. The van der Waals surface area contributed by atoms with E-state index in [4.69, 9.17) is 21.4 Å². The third kappa shape index (κ3) is 5.09. The van der Waals surface area contributed by atoms with Gasteiger partial charge in [-0.3, -0.25) is 4.79 Å². The van der Waals surface area contributed by atoms with E-state index in [0.717, 1.165) is 11.1 Å². The lowest BCUT2D eigenvalue weighted by Crippen LogP contribution is -2.36. The second-order valence-electron chi connectivity index (χ2n) is 6.47. The van der Waals surface area contributed by atoms with Crippen molar-refractivity contribution in [1.82, 2.24) is 9.78 Å². The molecule has 0 saturated carbocycles. The first-order valence-corrected chi connectivity index (χ1v) is 8.30. The zero-order valence-corrected chi connectivity index (χ0v) is 15.3. The Morgan fingerprint density at radius 2 is 1.96 bits per heavy atom. The monoisotopic (exact) mass is 360 g/mol. The molecule has 0 atom stereocenters. The Hall–Kier alpha value is -2.29. The largest absolute Gasteiger partial charge is 0.489 e. The van der Waals surface area contributed by atoms with Gasteiger partial charge < -0.3 is 9.84 Å². The summed E-state index contributed by atoms with van der Waals surface area (Å²) in [6, 6.07) is 7.37. The van der Waals surface area contributed by atoms with Crippen LogP contribution < -0.4 is 10.3 Å². The van der Waals surface area contributed by atoms with Crippen LogP contribution in [0.5, 0.6) is 5.75 Å². The summed E-state index contributed by atoms with van der Waals surface area (Å²) >= 11 is 6.09. The number of halogens is 1. The molecule has 5 nitrogen and oxygen atoms in total. The lowest BCUT2D eigenvalue weighted by atomic mass is 10.1. The second kappa shape index (κ2) is 8.19. The molecule has 0 radical (unpaired) electrons. The Bertz CT molecular complexity index is 840. The van der Waals surface area contributed by atoms with Crippen LogP contribution in [0.15, 0.2) is 35.3 Å². The molecule has 0 aliphatic rings. The molecule has 1 heterocycles. The molecule has 1 aromatic carbocycles. The van der Waals surface area contributed by atoms with E-state index in [0.29, 0.717) is 13.0 Å². The number of aliphatic hydroxyl groups is 1. The Morgan fingerprint density at radius 3 is 2.56 bits per heavy atom. The van der Waals surface area contributed by atoms with Crippen LogP contribution in [0.4, 0.5) is 0 Å². The number of aliphatic hydroxyl groups excluding tert-OH is 1. The van der Waals surface area contributed by atoms with Gasteiger partial charge in [0.05, 0.1) is 24.9 Å². The minimum absolute atomic E-state index is 0.0182. The summed E-state index contributed by atoms with van der Waals surface area (Å²) in [5.41, 5.74) is 0.892. The minimum atomic E-state index is -0.448. The normalized spacial score (nSPS) is 10.9. The highest BCUT2D eigenvalue weighted by atomic mass is 35.5. The average molecular weight is 361 g/mol. The fourth-order valence-electron chi connectivity index (χ4n) is 2.07. The molecule has 0 bridgehead atoms. The first-order chi connectivity index (χ1) is 11.8. The maximum atomic E-state index is 12.2. The number of hydrogen-bond donors (Lipinski definition) is 1. The van der Waals surface area contributed by atoms with E-state index < -0.39 is 5.54 Å². The lowest BCUT2D eigenvalue weighted by Gasteiger charge is -2.21. The average Bonchev–Trinajstić information content (AvgIpc) is 2.57. The second-order valence-corrected chi connectivity index (χ2v) is 6.84. The first-order valence-electron chi connectivity index (χ1n) is 7.92. The summed E-state index contributed by atoms with van der Waals surface area (Å²) in [5.74, 6) is 6.27. The molecule has 0 saturated heterocycles. The summed E-state index contributed by atoms with van der Waals surface area (Å²) in [7, 11) is 0. The topological polar surface area (TPSA) is 64.3 Å². The summed E-state index contributed by atoms with van der Waals surface area (Å²) in [5, 5.41) is 13.1. The smallest absolute Gasteiger partial charge is 0.289 e. The molecule has 25 heavy (non-hydrogen) atoms. The summed E-state index contributed by atoms with van der Waals surface area (Å²) in [4.78, 5) is 12.2. The van der Waals surface area contributed by atoms with Gasteiger partial charge in [0.15, 0.2) is 10.8 Å². The van der Waals surface area contributed by atoms with Crippen molar-refractivity contribution in [3.63, 3.8) is 0 Å². The van der Waals surface area contributed by atoms with E-state index in [1.54, 1.807) is 0 Å². The molecular formula is C19H21ClN2O3. The van der Waals surface area contributed by atoms with Crippen LogP contribution in [0.3, 0.4) is 0 Å². The molecule has 6 heteroatoms. The van der Waals surface area contributed by atoms with Gasteiger partial charge in [-0.25, -0.2) is 4.68 Å². The van der Waals surface area contributed by atoms with E-state index in [2.05, 4.69) is 16.9 Å². The molecule has 1 aromatic heterocycles. The highest BCUT2D eigenvalue weighted by molar-refractivity contribution is 6.31. The highest BCUT2D eigenvalue weighted by Gasteiger charge is 2.19. The first kappa shape index (κ1) is 19.0. The predicted molar refractivity (Wildman–Crippen MR) is 97.9 cm³/mol. The van der Waals surface area contributed by atoms with Gasteiger partial charge in [0.1, 0.15) is 0 Å². The van der Waals surface area contributed by atoms with Gasteiger partial charge in [-0.2, -0.15) is 5.10 Å². The van der Waals surface area contributed by atoms with Crippen LogP contribution in [0.2, 0.25) is 5.02 Å². The van der Waals surface area contributed by atoms with Crippen LogP contribution in [0.1, 0.15) is 38.3 Å². The standard InChI is InChI=1S/C19H21ClN2O3/c1-19(2,3)22-18(24)17(20)16(12-21-22)25-11-5-4-6-14-7-9-15(13-23)10-8-14/h7-10,12,23H,5,11,13H2,1-3H3. The number of nitrogens with zero attached hydrogens (tertiary/aromatic N) is 2. The van der Waals surface area contributed by atoms with Crippen LogP contribution >= 0.6 is 11.6 Å². The van der Waals surface area contributed by atoms with Crippen LogP contribution in [0.25, 0.3) is 0 Å². The van der Waals surface area contributed by atoms with Crippen LogP contribution in [-0.4, -0.2) is 21.5 Å². The summed E-state index contributed by atoms with van der Waals surface area (Å²) < 4.78 is 6.85. The quantitative estimate of drug-likeness (QED) is 0.672. The Kier molecular flexibility index (Phi) is 6.24. The Morgan fingerprint density at radius 1 is 1.28 bits per heavy atom. The molecule has 0 fully saturated rings. The van der Waals surface area contributed by atoms with Gasteiger partial charge in [0.25, 0.3) is 5.56 Å².